The van der Waals surface area contributed by atoms with Crippen LogP contribution in [0, 0.1) is 6.92 Å². The number of carbonyl (C=O) groups excluding carboxylic acids is 1. The number of nitrogens with one attached hydrogen (secondary N) is 1. The third-order valence-electron chi connectivity index (χ3n) is 4.02. The molecule has 9 nitrogen and oxygen atoms in total. The Balaban J connectivity index is 0.00000363. The van der Waals surface area contributed by atoms with Gasteiger partial charge in [0.1, 0.15) is 10.7 Å². The van der Waals surface area contributed by atoms with Gasteiger partial charge in [0, 0.05) is 0 Å². The molecule has 0 aliphatic carbocycles. The van der Waals surface area contributed by atoms with Gasteiger partial charge in [-0.05, 0) is 36.6 Å². The number of azo groups is 1. The van der Waals surface area contributed by atoms with Crippen LogP contribution >= 0.6 is 11.3 Å². The number of alkyl halides is 8. The molecule has 0 amide bonds. The first-order chi connectivity index (χ1) is 18.3. The molecule has 0 saturated heterocycles. The summed E-state index contributed by atoms with van der Waals surface area (Å²) in [5.74, 6) is -4.11. The second-order valence-electron chi connectivity index (χ2n) is 6.97. The molecule has 0 unspecified atom stereocenters. The van der Waals surface area contributed by atoms with Crippen molar-refractivity contribution in [2.75, 3.05) is 10.5 Å². The highest BCUT2D eigenvalue weighted by molar-refractivity contribution is 7.92. The zero-order chi connectivity index (χ0) is 31.5. The number of benzene rings is 1. The van der Waals surface area contributed by atoms with Gasteiger partial charge in [0.05, 0.1) is 12.1 Å². The molecule has 19 heteroatoms. The number of rotatable bonds is 9. The number of carbonyl (C=O) groups is 1. The van der Waals surface area contributed by atoms with Gasteiger partial charge in [-0.3, -0.25) is 9.52 Å². The van der Waals surface area contributed by atoms with Gasteiger partial charge < -0.3 is 4.74 Å². The highest BCUT2D eigenvalue weighted by Gasteiger charge is 2.62. The number of sulfonamides is 1. The Bertz CT molecular complexity index is 1250. The van der Waals surface area contributed by atoms with Crippen LogP contribution in [0.2, 0.25) is 0 Å². The first-order valence-corrected chi connectivity index (χ1v) is 13.9. The minimum absolute atomic E-state index is 0.204. The van der Waals surface area contributed by atoms with Gasteiger partial charge >= 0.3 is 24.4 Å². The third-order valence-corrected chi connectivity index (χ3v) is 6.07. The number of anilines is 1. The number of ether oxygens (including phenoxy) is 1. The van der Waals surface area contributed by atoms with Crippen LogP contribution in [0.15, 0.2) is 22.4 Å². The molecule has 0 saturated carbocycles. The minimum atomic E-state index is -6.12. The van der Waals surface area contributed by atoms with Crippen LogP contribution in [0.3, 0.4) is 0 Å². The Morgan fingerprint density at radius 2 is 1.57 bits per heavy atom. The largest absolute Gasteiger partial charge is 0.501 e. The van der Waals surface area contributed by atoms with Crippen molar-refractivity contribution in [2.24, 2.45) is 10.2 Å². The van der Waals surface area contributed by atoms with Crippen molar-refractivity contribution < 1.29 is 53.1 Å². The molecule has 1 heterocycles. The van der Waals surface area contributed by atoms with Gasteiger partial charge in [-0.25, -0.2) is 8.42 Å². The molecule has 0 fully saturated rings. The summed E-state index contributed by atoms with van der Waals surface area (Å²) >= 11 is 0.457. The van der Waals surface area contributed by atoms with E-state index < -0.39 is 46.6 Å². The zero-order valence-electron chi connectivity index (χ0n) is 22.0. The fourth-order valence-electron chi connectivity index (χ4n) is 2.52. The predicted molar refractivity (Wildman–Crippen MR) is 132 cm³/mol. The number of hydrogen-bond donors (Lipinski definition) is 1. The first-order valence-electron chi connectivity index (χ1n) is 11.4. The van der Waals surface area contributed by atoms with Crippen LogP contribution in [0.1, 0.15) is 50.8 Å². The highest BCUT2D eigenvalue weighted by Crippen LogP contribution is 2.37. The van der Waals surface area contributed by atoms with Crippen molar-refractivity contribution in [1.29, 1.82) is 0 Å². The number of esters is 1. The Labute approximate surface area is 229 Å². The van der Waals surface area contributed by atoms with E-state index in [1.54, 1.807) is 18.6 Å². The van der Waals surface area contributed by atoms with E-state index in [9.17, 15) is 48.3 Å². The lowest BCUT2D eigenvalue weighted by Crippen LogP contribution is -2.41. The SMILES string of the molecule is CC.CC.CCc1cc(N=Nc2nnc(CC(=O)OC(F)(F)C(F)(F)F)s2)c(NS(=O)(=O)CC(F)(F)F)cc1C. The Morgan fingerprint density at radius 1 is 1.00 bits per heavy atom. The van der Waals surface area contributed by atoms with E-state index in [-0.39, 0.29) is 21.5 Å². The van der Waals surface area contributed by atoms with Crippen LogP contribution in [-0.2, 0) is 32.4 Å². The second kappa shape index (κ2) is 15.2. The van der Waals surface area contributed by atoms with E-state index in [0.717, 1.165) is 0 Å². The number of aryl methyl sites for hydroxylation is 2. The lowest BCUT2D eigenvalue weighted by molar-refractivity contribution is -0.376. The van der Waals surface area contributed by atoms with Crippen LogP contribution in [0.4, 0.5) is 51.6 Å². The maximum absolute atomic E-state index is 12.8. The lowest BCUT2D eigenvalue weighted by atomic mass is 10.0. The molecule has 2 rings (SSSR count). The summed E-state index contributed by atoms with van der Waals surface area (Å²) in [6, 6.07) is 2.59. The highest BCUT2D eigenvalue weighted by atomic mass is 32.2. The Kier molecular flexibility index (Phi) is 14.0. The van der Waals surface area contributed by atoms with Crippen molar-refractivity contribution in [3.63, 3.8) is 0 Å². The average molecular weight is 630 g/mol. The Hall–Kier alpha value is -2.96. The molecule has 228 valence electrons. The van der Waals surface area contributed by atoms with Crippen molar-refractivity contribution in [3.05, 3.63) is 28.3 Å². The summed E-state index contributed by atoms with van der Waals surface area (Å²) in [4.78, 5) is 11.4. The van der Waals surface area contributed by atoms with Gasteiger partial charge in [-0.1, -0.05) is 46.0 Å². The predicted octanol–water partition coefficient (Wildman–Crippen LogP) is 7.42. The van der Waals surface area contributed by atoms with E-state index in [2.05, 4.69) is 25.2 Å². The summed E-state index contributed by atoms with van der Waals surface area (Å²) in [6.07, 6.45) is -17.5. The van der Waals surface area contributed by atoms with Crippen LogP contribution in [-0.4, -0.2) is 48.8 Å². The maximum atomic E-state index is 12.8. The van der Waals surface area contributed by atoms with Crippen molar-refractivity contribution in [3.8, 4) is 0 Å². The molecule has 0 radical (unpaired) electrons. The molecule has 1 N–H and O–H groups in total. The lowest BCUT2D eigenvalue weighted by Gasteiger charge is -2.18. The summed E-state index contributed by atoms with van der Waals surface area (Å²) in [5.41, 5.74) is 0.645. The maximum Gasteiger partial charge on any atom is 0.501 e. The quantitative estimate of drug-likeness (QED) is 0.175. The molecule has 0 atom stereocenters. The molecule has 2 aromatic rings. The van der Waals surface area contributed by atoms with Crippen molar-refractivity contribution in [1.82, 2.24) is 10.2 Å². The molecule has 0 spiro atoms. The molecule has 0 bridgehead atoms. The van der Waals surface area contributed by atoms with Crippen LogP contribution in [0.25, 0.3) is 0 Å². The zero-order valence-corrected chi connectivity index (χ0v) is 23.7. The van der Waals surface area contributed by atoms with Gasteiger partial charge in [-0.15, -0.1) is 20.4 Å². The number of nitrogens with zero attached hydrogens (tertiary/aromatic N) is 4. The molecule has 0 aliphatic heterocycles. The smallest absolute Gasteiger partial charge is 0.394 e. The fraction of sp³-hybridized carbons (Fsp3) is 0.571. The van der Waals surface area contributed by atoms with Gasteiger partial charge in [0.15, 0.2) is 5.75 Å². The summed E-state index contributed by atoms with van der Waals surface area (Å²) in [5, 5.41) is 13.5. The number of aromatic nitrogens is 2. The normalized spacial score (nSPS) is 12.2. The third kappa shape index (κ3) is 12.1. The fourth-order valence-corrected chi connectivity index (χ4v) is 4.17. The van der Waals surface area contributed by atoms with Crippen molar-refractivity contribution >= 4 is 43.8 Å². The van der Waals surface area contributed by atoms with Crippen molar-refractivity contribution in [2.45, 2.75) is 72.8 Å². The van der Waals surface area contributed by atoms with E-state index in [0.29, 0.717) is 28.9 Å². The van der Waals surface area contributed by atoms with Crippen LogP contribution in [0.5, 0.6) is 0 Å². The summed E-state index contributed by atoms with van der Waals surface area (Å²) < 4.78 is 128. The molecule has 40 heavy (non-hydrogen) atoms. The molecule has 1 aromatic heterocycles. The van der Waals surface area contributed by atoms with E-state index in [4.69, 9.17) is 0 Å². The van der Waals surface area contributed by atoms with E-state index in [1.165, 1.54) is 12.1 Å². The first kappa shape index (κ1) is 37.0. The molecule has 1 aromatic carbocycles. The van der Waals surface area contributed by atoms with Gasteiger partial charge in [-0.2, -0.15) is 35.1 Å². The second-order valence-corrected chi connectivity index (χ2v) is 9.73. The monoisotopic (exact) mass is 629 g/mol. The van der Waals surface area contributed by atoms with E-state index >= 15 is 0 Å². The van der Waals surface area contributed by atoms with E-state index in [1.807, 2.05) is 27.7 Å². The standard InChI is InChI=1S/C17H15F8N5O4S2.2C2H6/c1-3-9-5-10(11(4-8(9)2)30-36(32,33)7-15(18,19)20)26-28-14-29-27-12(35-14)6-13(31)34-17(24,25)16(21,22)23;2*1-2/h4-5,30H,3,6-7H2,1-2H3;2*1-2H3. The number of hydrogen-bond acceptors (Lipinski definition) is 9. The minimum Gasteiger partial charge on any atom is -0.394 e. The van der Waals surface area contributed by atoms with Gasteiger partial charge in [0.25, 0.3) is 5.13 Å². The molecular weight excluding hydrogens is 602 g/mol. The number of halogens is 8. The molecular formula is C21H27F8N5O4S2. The Morgan fingerprint density at radius 3 is 2.08 bits per heavy atom. The summed E-state index contributed by atoms with van der Waals surface area (Å²) in [6.45, 7) is 11.3. The van der Waals surface area contributed by atoms with Gasteiger partial charge in [0.2, 0.25) is 10.0 Å². The summed E-state index contributed by atoms with van der Waals surface area (Å²) in [7, 11) is -4.86. The topological polar surface area (TPSA) is 123 Å². The van der Waals surface area contributed by atoms with Crippen LogP contribution < -0.4 is 4.72 Å². The average Bonchev–Trinajstić information content (AvgIpc) is 3.25. The molecule has 0 aliphatic rings.